The molecule has 3 aromatic rings. The van der Waals surface area contributed by atoms with Gasteiger partial charge < -0.3 is 5.32 Å². The van der Waals surface area contributed by atoms with Gasteiger partial charge in [-0.3, -0.25) is 4.79 Å². The van der Waals surface area contributed by atoms with Gasteiger partial charge in [0.05, 0.1) is 23.3 Å². The van der Waals surface area contributed by atoms with Crippen LogP contribution < -0.4 is 5.32 Å². The van der Waals surface area contributed by atoms with Crippen molar-refractivity contribution in [2.75, 3.05) is 5.32 Å². The minimum absolute atomic E-state index is 0.0523. The predicted molar refractivity (Wildman–Crippen MR) is 102 cm³/mol. The number of rotatable bonds is 2. The van der Waals surface area contributed by atoms with Crippen molar-refractivity contribution in [3.63, 3.8) is 0 Å². The van der Waals surface area contributed by atoms with E-state index in [0.717, 1.165) is 45.3 Å². The van der Waals surface area contributed by atoms with Crippen molar-refractivity contribution in [1.82, 2.24) is 19.7 Å². The van der Waals surface area contributed by atoms with E-state index in [1.165, 1.54) is 19.3 Å². The SMILES string of the molecule is O=C1Nc2ccc(Br)cc2C1c1ncnc2c1cnn2C1CCCCC1. The number of aromatic nitrogens is 4. The fraction of sp³-hybridized carbons (Fsp3) is 0.368. The van der Waals surface area contributed by atoms with E-state index in [4.69, 9.17) is 0 Å². The van der Waals surface area contributed by atoms with Gasteiger partial charge in [-0.25, -0.2) is 14.6 Å². The molecule has 1 fully saturated rings. The Hall–Kier alpha value is -2.28. The Morgan fingerprint density at radius 3 is 2.85 bits per heavy atom. The molecule has 0 bridgehead atoms. The zero-order chi connectivity index (χ0) is 17.7. The lowest BCUT2D eigenvalue weighted by molar-refractivity contribution is -0.116. The van der Waals surface area contributed by atoms with Gasteiger partial charge in [-0.05, 0) is 36.6 Å². The van der Waals surface area contributed by atoms with Crippen LogP contribution in [-0.2, 0) is 4.79 Å². The summed E-state index contributed by atoms with van der Waals surface area (Å²) < 4.78 is 2.98. The van der Waals surface area contributed by atoms with E-state index in [1.54, 1.807) is 6.33 Å². The van der Waals surface area contributed by atoms with Crippen molar-refractivity contribution >= 4 is 38.6 Å². The molecule has 1 aromatic carbocycles. The maximum Gasteiger partial charge on any atom is 0.238 e. The lowest BCUT2D eigenvalue weighted by Gasteiger charge is -2.22. The smallest absolute Gasteiger partial charge is 0.238 e. The molecule has 0 saturated heterocycles. The van der Waals surface area contributed by atoms with Crippen molar-refractivity contribution in [2.45, 2.75) is 44.1 Å². The summed E-state index contributed by atoms with van der Waals surface area (Å²) in [6.45, 7) is 0. The molecule has 5 rings (SSSR count). The first-order valence-corrected chi connectivity index (χ1v) is 9.80. The topological polar surface area (TPSA) is 72.7 Å². The monoisotopic (exact) mass is 411 g/mol. The molecule has 3 heterocycles. The van der Waals surface area contributed by atoms with Crippen LogP contribution >= 0.6 is 15.9 Å². The highest BCUT2D eigenvalue weighted by Crippen LogP contribution is 2.40. The Kier molecular flexibility index (Phi) is 3.77. The maximum atomic E-state index is 12.7. The van der Waals surface area contributed by atoms with Crippen LogP contribution in [0.4, 0.5) is 5.69 Å². The van der Waals surface area contributed by atoms with Crippen molar-refractivity contribution < 1.29 is 4.79 Å². The largest absolute Gasteiger partial charge is 0.325 e. The van der Waals surface area contributed by atoms with Gasteiger partial charge in [0, 0.05) is 10.2 Å². The van der Waals surface area contributed by atoms with Gasteiger partial charge >= 0.3 is 0 Å². The van der Waals surface area contributed by atoms with Gasteiger partial charge in [0.2, 0.25) is 5.91 Å². The van der Waals surface area contributed by atoms with Crippen LogP contribution in [-0.4, -0.2) is 25.7 Å². The van der Waals surface area contributed by atoms with Gasteiger partial charge in [0.15, 0.2) is 5.65 Å². The molecule has 2 aliphatic rings. The fourth-order valence-electron chi connectivity index (χ4n) is 4.21. The standard InChI is InChI=1S/C19H18BrN5O/c20-11-6-7-15-13(8-11)16(19(26)24-15)17-14-9-23-25(18(14)22-10-21-17)12-4-2-1-3-5-12/h6-10,12,16H,1-5H2,(H,24,26). The number of carbonyl (C=O) groups excluding carboxylic acids is 1. The van der Waals surface area contributed by atoms with Gasteiger partial charge in [0.25, 0.3) is 0 Å². The van der Waals surface area contributed by atoms with Crippen LogP contribution in [0, 0.1) is 0 Å². The summed E-state index contributed by atoms with van der Waals surface area (Å²) in [4.78, 5) is 21.7. The summed E-state index contributed by atoms with van der Waals surface area (Å²) in [7, 11) is 0. The zero-order valence-corrected chi connectivity index (χ0v) is 15.7. The highest BCUT2D eigenvalue weighted by atomic mass is 79.9. The quantitative estimate of drug-likeness (QED) is 0.686. The third-order valence-corrected chi connectivity index (χ3v) is 5.95. The van der Waals surface area contributed by atoms with E-state index in [0.29, 0.717) is 6.04 Å². The molecule has 6 nitrogen and oxygen atoms in total. The molecular weight excluding hydrogens is 394 g/mol. The summed E-state index contributed by atoms with van der Waals surface area (Å²) in [5.74, 6) is -0.486. The van der Waals surface area contributed by atoms with Crippen molar-refractivity contribution in [3.8, 4) is 0 Å². The number of carbonyl (C=O) groups is 1. The summed E-state index contributed by atoms with van der Waals surface area (Å²) in [5.41, 5.74) is 3.34. The minimum atomic E-state index is -0.433. The van der Waals surface area contributed by atoms with Crippen LogP contribution in [0.15, 0.2) is 35.2 Å². The van der Waals surface area contributed by atoms with Crippen molar-refractivity contribution in [3.05, 3.63) is 46.5 Å². The summed E-state index contributed by atoms with van der Waals surface area (Å²) >= 11 is 3.50. The van der Waals surface area contributed by atoms with E-state index in [1.807, 2.05) is 29.1 Å². The normalized spacial score (nSPS) is 20.3. The predicted octanol–water partition coefficient (Wildman–Crippen LogP) is 4.18. The fourth-order valence-corrected chi connectivity index (χ4v) is 4.59. The molecule has 0 spiro atoms. The van der Waals surface area contributed by atoms with E-state index in [-0.39, 0.29) is 5.91 Å². The number of halogens is 1. The maximum absolute atomic E-state index is 12.7. The molecular formula is C19H18BrN5O. The Bertz CT molecular complexity index is 1010. The van der Waals surface area contributed by atoms with Crippen molar-refractivity contribution in [2.24, 2.45) is 0 Å². The number of fused-ring (bicyclic) bond motifs is 2. The molecule has 1 N–H and O–H groups in total. The first-order chi connectivity index (χ1) is 12.7. The molecule has 1 aliphatic heterocycles. The van der Waals surface area contributed by atoms with Crippen LogP contribution in [0.5, 0.6) is 0 Å². The van der Waals surface area contributed by atoms with E-state index < -0.39 is 5.92 Å². The third-order valence-electron chi connectivity index (χ3n) is 5.46. The highest BCUT2D eigenvalue weighted by Gasteiger charge is 2.35. The molecule has 1 amide bonds. The van der Waals surface area contributed by atoms with Crippen LogP contribution in [0.1, 0.15) is 55.3 Å². The number of amides is 1. The number of hydrogen-bond donors (Lipinski definition) is 1. The number of anilines is 1. The molecule has 2 aromatic heterocycles. The van der Waals surface area contributed by atoms with E-state index in [2.05, 4.69) is 36.3 Å². The molecule has 1 atom stereocenters. The first-order valence-electron chi connectivity index (χ1n) is 9.01. The van der Waals surface area contributed by atoms with Gasteiger partial charge in [0.1, 0.15) is 12.2 Å². The Labute approximate surface area is 159 Å². The van der Waals surface area contributed by atoms with Crippen LogP contribution in [0.3, 0.4) is 0 Å². The van der Waals surface area contributed by atoms with Crippen molar-refractivity contribution in [1.29, 1.82) is 0 Å². The first kappa shape index (κ1) is 15.9. The number of hydrogen-bond acceptors (Lipinski definition) is 4. The number of nitrogens with zero attached hydrogens (tertiary/aromatic N) is 4. The lowest BCUT2D eigenvalue weighted by atomic mass is 9.94. The molecule has 132 valence electrons. The molecule has 26 heavy (non-hydrogen) atoms. The Balaban J connectivity index is 1.63. The van der Waals surface area contributed by atoms with E-state index in [9.17, 15) is 4.79 Å². The molecule has 0 radical (unpaired) electrons. The highest BCUT2D eigenvalue weighted by molar-refractivity contribution is 9.10. The average Bonchev–Trinajstić information content (AvgIpc) is 3.23. The average molecular weight is 412 g/mol. The minimum Gasteiger partial charge on any atom is -0.325 e. The second-order valence-electron chi connectivity index (χ2n) is 7.03. The molecule has 7 heteroatoms. The van der Waals surface area contributed by atoms with E-state index >= 15 is 0 Å². The van der Waals surface area contributed by atoms with Crippen LogP contribution in [0.25, 0.3) is 11.0 Å². The third kappa shape index (κ3) is 2.45. The van der Waals surface area contributed by atoms with Gasteiger partial charge in [-0.15, -0.1) is 0 Å². The summed E-state index contributed by atoms with van der Waals surface area (Å²) in [6, 6.07) is 6.22. The number of nitrogens with one attached hydrogen (secondary N) is 1. The Morgan fingerprint density at radius 2 is 2.00 bits per heavy atom. The summed E-state index contributed by atoms with van der Waals surface area (Å²) in [5, 5.41) is 8.45. The molecule has 1 unspecified atom stereocenters. The zero-order valence-electron chi connectivity index (χ0n) is 14.2. The van der Waals surface area contributed by atoms with Crippen LogP contribution in [0.2, 0.25) is 0 Å². The summed E-state index contributed by atoms with van der Waals surface area (Å²) in [6.07, 6.45) is 9.41. The second kappa shape index (κ2) is 6.16. The lowest BCUT2D eigenvalue weighted by Crippen LogP contribution is -2.16. The number of benzene rings is 1. The van der Waals surface area contributed by atoms with Gasteiger partial charge in [-0.2, -0.15) is 5.10 Å². The van der Waals surface area contributed by atoms with Gasteiger partial charge in [-0.1, -0.05) is 35.2 Å². The molecule has 1 saturated carbocycles. The Morgan fingerprint density at radius 1 is 1.15 bits per heavy atom. The molecule has 1 aliphatic carbocycles. The second-order valence-corrected chi connectivity index (χ2v) is 7.95.